The number of anilines is 1. The van der Waals surface area contributed by atoms with Gasteiger partial charge in [-0.05, 0) is 31.0 Å². The van der Waals surface area contributed by atoms with Crippen LogP contribution in [0, 0.1) is 0 Å². The van der Waals surface area contributed by atoms with E-state index in [9.17, 15) is 9.59 Å². The van der Waals surface area contributed by atoms with Crippen LogP contribution in [0.5, 0.6) is 5.75 Å². The highest BCUT2D eigenvalue weighted by atomic mass is 35.5. The van der Waals surface area contributed by atoms with Gasteiger partial charge in [-0.3, -0.25) is 4.79 Å². The number of urea groups is 1. The average molecular weight is 326 g/mol. The Morgan fingerprint density at radius 3 is 2.68 bits per heavy atom. The molecule has 0 bridgehead atoms. The lowest BCUT2D eigenvalue weighted by molar-refractivity contribution is -0.129. The van der Waals surface area contributed by atoms with E-state index in [-0.39, 0.29) is 11.9 Å². The van der Waals surface area contributed by atoms with Crippen LogP contribution in [0.3, 0.4) is 0 Å². The monoisotopic (exact) mass is 325 g/mol. The van der Waals surface area contributed by atoms with Crippen molar-refractivity contribution in [3.05, 3.63) is 23.2 Å². The Hall–Kier alpha value is -1.95. The summed E-state index contributed by atoms with van der Waals surface area (Å²) in [6, 6.07) is 4.61. The first kappa shape index (κ1) is 16.4. The molecule has 2 N–H and O–H groups in total. The summed E-state index contributed by atoms with van der Waals surface area (Å²) in [5.41, 5.74) is 0.564. The molecule has 1 aliphatic rings. The second-order valence-corrected chi connectivity index (χ2v) is 5.48. The molecule has 0 saturated carbocycles. The van der Waals surface area contributed by atoms with Crippen LogP contribution in [0.1, 0.15) is 19.3 Å². The molecule has 0 spiro atoms. The van der Waals surface area contributed by atoms with E-state index < -0.39 is 0 Å². The third kappa shape index (κ3) is 4.53. The number of hydrogen-bond donors (Lipinski definition) is 2. The number of carbonyl (C=O) groups excluding carboxylic acids is 2. The highest BCUT2D eigenvalue weighted by Crippen LogP contribution is 2.27. The normalized spacial score (nSPS) is 13.8. The topological polar surface area (TPSA) is 70.7 Å². The van der Waals surface area contributed by atoms with E-state index in [2.05, 4.69) is 10.6 Å². The summed E-state index contributed by atoms with van der Waals surface area (Å²) >= 11 is 5.98. The minimum atomic E-state index is -0.365. The van der Waals surface area contributed by atoms with Gasteiger partial charge in [-0.2, -0.15) is 0 Å². The molecule has 0 aliphatic carbocycles. The predicted molar refractivity (Wildman–Crippen MR) is 85.5 cm³/mol. The number of methoxy groups -OCH3 is 1. The number of rotatable bonds is 5. The fraction of sp³-hybridized carbons (Fsp3) is 0.467. The van der Waals surface area contributed by atoms with Crippen LogP contribution in [-0.2, 0) is 4.79 Å². The first-order chi connectivity index (χ1) is 10.6. The summed E-state index contributed by atoms with van der Waals surface area (Å²) in [5, 5.41) is 5.74. The van der Waals surface area contributed by atoms with Gasteiger partial charge in [0.2, 0.25) is 5.91 Å². The van der Waals surface area contributed by atoms with Gasteiger partial charge in [-0.15, -0.1) is 0 Å². The first-order valence-electron chi connectivity index (χ1n) is 7.26. The number of ether oxygens (including phenoxy) is 1. The van der Waals surface area contributed by atoms with E-state index in [1.165, 1.54) is 7.11 Å². The molecule has 6 nitrogen and oxygen atoms in total. The number of nitrogens with zero attached hydrogens (tertiary/aromatic N) is 1. The molecule has 1 fully saturated rings. The molecule has 22 heavy (non-hydrogen) atoms. The highest BCUT2D eigenvalue weighted by molar-refractivity contribution is 6.32. The van der Waals surface area contributed by atoms with Crippen molar-refractivity contribution in [2.24, 2.45) is 0 Å². The molecule has 3 amide bonds. The van der Waals surface area contributed by atoms with Crippen LogP contribution in [0.15, 0.2) is 18.2 Å². The van der Waals surface area contributed by atoms with Crippen LogP contribution in [0.4, 0.5) is 10.5 Å². The van der Waals surface area contributed by atoms with Crippen molar-refractivity contribution >= 4 is 29.2 Å². The van der Waals surface area contributed by atoms with Gasteiger partial charge >= 0.3 is 6.03 Å². The standard InChI is InChI=1S/C15H20ClN3O3/c1-22-13-5-4-11(10-12(13)16)18-15(21)17-7-6-14(20)19-8-2-3-9-19/h4-5,10H,2-3,6-9H2,1H3,(H2,17,18,21). The molecular formula is C15H20ClN3O3. The number of amides is 3. The van der Waals surface area contributed by atoms with Crippen LogP contribution in [0.25, 0.3) is 0 Å². The molecule has 0 atom stereocenters. The smallest absolute Gasteiger partial charge is 0.319 e. The molecule has 1 saturated heterocycles. The first-order valence-corrected chi connectivity index (χ1v) is 7.64. The van der Waals surface area contributed by atoms with Gasteiger partial charge in [-0.1, -0.05) is 11.6 Å². The van der Waals surface area contributed by atoms with Crippen LogP contribution >= 0.6 is 11.6 Å². The van der Waals surface area contributed by atoms with Crippen LogP contribution in [-0.4, -0.2) is 43.6 Å². The van der Waals surface area contributed by atoms with Gasteiger partial charge in [0.05, 0.1) is 12.1 Å². The maximum atomic E-state index is 11.8. The van der Waals surface area contributed by atoms with E-state index in [4.69, 9.17) is 16.3 Å². The molecule has 2 rings (SSSR count). The zero-order valence-corrected chi connectivity index (χ0v) is 13.3. The van der Waals surface area contributed by atoms with E-state index >= 15 is 0 Å². The summed E-state index contributed by atoms with van der Waals surface area (Å²) < 4.78 is 5.04. The predicted octanol–water partition coefficient (Wildman–Crippen LogP) is 2.48. The Morgan fingerprint density at radius 2 is 2.05 bits per heavy atom. The van der Waals surface area contributed by atoms with E-state index in [1.807, 2.05) is 4.90 Å². The minimum absolute atomic E-state index is 0.0882. The second-order valence-electron chi connectivity index (χ2n) is 5.07. The molecule has 7 heteroatoms. The number of likely N-dealkylation sites (tertiary alicyclic amines) is 1. The zero-order valence-electron chi connectivity index (χ0n) is 12.5. The molecule has 0 radical (unpaired) electrons. The van der Waals surface area contributed by atoms with Gasteiger partial charge in [-0.25, -0.2) is 4.79 Å². The van der Waals surface area contributed by atoms with Crippen molar-refractivity contribution in [2.45, 2.75) is 19.3 Å². The summed E-state index contributed by atoms with van der Waals surface area (Å²) in [7, 11) is 1.53. The third-order valence-electron chi connectivity index (χ3n) is 3.49. The van der Waals surface area contributed by atoms with E-state index in [0.29, 0.717) is 29.4 Å². The van der Waals surface area contributed by atoms with Crippen molar-refractivity contribution in [1.29, 1.82) is 0 Å². The molecule has 120 valence electrons. The Balaban J connectivity index is 1.73. The van der Waals surface area contributed by atoms with Crippen LogP contribution in [0.2, 0.25) is 5.02 Å². The Labute approximate surface area is 134 Å². The maximum absolute atomic E-state index is 11.8. The molecule has 0 aromatic heterocycles. The Morgan fingerprint density at radius 1 is 1.32 bits per heavy atom. The van der Waals surface area contributed by atoms with Crippen molar-refractivity contribution < 1.29 is 14.3 Å². The van der Waals surface area contributed by atoms with E-state index in [0.717, 1.165) is 25.9 Å². The SMILES string of the molecule is COc1ccc(NC(=O)NCCC(=O)N2CCCC2)cc1Cl. The number of carbonyl (C=O) groups is 2. The van der Waals surface area contributed by atoms with Gasteiger partial charge in [0.1, 0.15) is 5.75 Å². The number of nitrogens with one attached hydrogen (secondary N) is 2. The lowest BCUT2D eigenvalue weighted by Crippen LogP contribution is -2.34. The number of benzene rings is 1. The van der Waals surface area contributed by atoms with Crippen LogP contribution < -0.4 is 15.4 Å². The summed E-state index contributed by atoms with van der Waals surface area (Å²) in [6.07, 6.45) is 2.45. The lowest BCUT2D eigenvalue weighted by Gasteiger charge is -2.15. The largest absolute Gasteiger partial charge is 0.495 e. The Bertz CT molecular complexity index is 545. The maximum Gasteiger partial charge on any atom is 0.319 e. The molecular weight excluding hydrogens is 306 g/mol. The summed E-state index contributed by atoms with van der Waals surface area (Å²) in [5.74, 6) is 0.633. The Kier molecular flexibility index (Phi) is 5.89. The molecule has 1 aliphatic heterocycles. The summed E-state index contributed by atoms with van der Waals surface area (Å²) in [4.78, 5) is 25.4. The van der Waals surface area contributed by atoms with E-state index in [1.54, 1.807) is 18.2 Å². The molecule has 1 heterocycles. The van der Waals surface area contributed by atoms with Gasteiger partial charge < -0.3 is 20.3 Å². The van der Waals surface area contributed by atoms with Crippen molar-refractivity contribution in [3.63, 3.8) is 0 Å². The van der Waals surface area contributed by atoms with Gasteiger partial charge in [0, 0.05) is 31.7 Å². The molecule has 1 aromatic carbocycles. The quantitative estimate of drug-likeness (QED) is 0.873. The minimum Gasteiger partial charge on any atom is -0.495 e. The van der Waals surface area contributed by atoms with Crippen molar-refractivity contribution in [2.75, 3.05) is 32.1 Å². The third-order valence-corrected chi connectivity index (χ3v) is 3.79. The summed E-state index contributed by atoms with van der Waals surface area (Å²) in [6.45, 7) is 1.97. The fourth-order valence-corrected chi connectivity index (χ4v) is 2.58. The number of hydrogen-bond acceptors (Lipinski definition) is 3. The fourth-order valence-electron chi connectivity index (χ4n) is 2.33. The second kappa shape index (κ2) is 7.89. The van der Waals surface area contributed by atoms with Gasteiger partial charge in [0.25, 0.3) is 0 Å². The average Bonchev–Trinajstić information content (AvgIpc) is 3.01. The van der Waals surface area contributed by atoms with Crippen molar-refractivity contribution in [1.82, 2.24) is 10.2 Å². The van der Waals surface area contributed by atoms with Gasteiger partial charge in [0.15, 0.2) is 0 Å². The lowest BCUT2D eigenvalue weighted by atomic mass is 10.3. The zero-order chi connectivity index (χ0) is 15.9. The highest BCUT2D eigenvalue weighted by Gasteiger charge is 2.17. The number of halogens is 1. The van der Waals surface area contributed by atoms with Crippen molar-refractivity contribution in [3.8, 4) is 5.75 Å². The molecule has 0 unspecified atom stereocenters. The molecule has 1 aromatic rings.